The topological polar surface area (TPSA) is 60.1 Å². The average Bonchev–Trinajstić information content (AvgIpc) is 3.25. The Kier molecular flexibility index (Phi) is 5.50. The fourth-order valence-electron chi connectivity index (χ4n) is 3.08. The van der Waals surface area contributed by atoms with Crippen LogP contribution in [0.25, 0.3) is 11.3 Å². The lowest BCUT2D eigenvalue weighted by Gasteiger charge is -2.09. The van der Waals surface area contributed by atoms with E-state index in [0.717, 1.165) is 22.4 Å². The van der Waals surface area contributed by atoms with Gasteiger partial charge < -0.3 is 9.73 Å². The van der Waals surface area contributed by atoms with E-state index >= 15 is 0 Å². The highest BCUT2D eigenvalue weighted by Crippen LogP contribution is 2.33. The largest absolute Gasteiger partial charge is 0.468 e. The maximum absolute atomic E-state index is 14.6. The summed E-state index contributed by atoms with van der Waals surface area (Å²) in [6.45, 7) is 3.74. The standard InChI is InChI=1S/C20H19F4N3O2/c1-4-11-10-29-16(5-2)18(11)19(28)25-12-6-7-13(14(21)8-12)15-9-17(20(22,23)24)26-27(15)3/h6-10H,4-5H2,1-3H3,(H,25,28). The van der Waals surface area contributed by atoms with Gasteiger partial charge in [0.25, 0.3) is 5.91 Å². The normalized spacial score (nSPS) is 11.7. The first-order valence-corrected chi connectivity index (χ1v) is 8.97. The van der Waals surface area contributed by atoms with E-state index < -0.39 is 23.6 Å². The van der Waals surface area contributed by atoms with Gasteiger partial charge in [-0.25, -0.2) is 4.39 Å². The van der Waals surface area contributed by atoms with Crippen LogP contribution in [0.5, 0.6) is 0 Å². The van der Waals surface area contributed by atoms with Crippen molar-refractivity contribution in [2.75, 3.05) is 5.32 Å². The second-order valence-corrected chi connectivity index (χ2v) is 6.45. The first kappa shape index (κ1) is 20.6. The SMILES string of the molecule is CCc1coc(CC)c1C(=O)Nc1ccc(-c2cc(C(F)(F)F)nn2C)c(F)c1. The molecule has 0 aliphatic carbocycles. The minimum atomic E-state index is -4.63. The fraction of sp³-hybridized carbons (Fsp3) is 0.300. The Morgan fingerprint density at radius 2 is 1.93 bits per heavy atom. The second-order valence-electron chi connectivity index (χ2n) is 6.45. The van der Waals surface area contributed by atoms with E-state index in [1.54, 1.807) is 0 Å². The quantitative estimate of drug-likeness (QED) is 0.588. The molecule has 0 fully saturated rings. The summed E-state index contributed by atoms with van der Waals surface area (Å²) in [5.74, 6) is -0.677. The summed E-state index contributed by atoms with van der Waals surface area (Å²) in [7, 11) is 1.30. The molecule has 0 atom stereocenters. The van der Waals surface area contributed by atoms with E-state index in [1.165, 1.54) is 25.4 Å². The molecule has 154 valence electrons. The van der Waals surface area contributed by atoms with Gasteiger partial charge in [-0.05, 0) is 30.7 Å². The number of amides is 1. The van der Waals surface area contributed by atoms with Crippen molar-refractivity contribution < 1.29 is 26.8 Å². The molecule has 0 unspecified atom stereocenters. The van der Waals surface area contributed by atoms with Crippen LogP contribution in [0.15, 0.2) is 34.9 Å². The monoisotopic (exact) mass is 409 g/mol. The third-order valence-electron chi connectivity index (χ3n) is 4.55. The summed E-state index contributed by atoms with van der Waals surface area (Å²) in [6.07, 6.45) is -1.98. The summed E-state index contributed by atoms with van der Waals surface area (Å²) >= 11 is 0. The molecule has 1 amide bonds. The minimum Gasteiger partial charge on any atom is -0.468 e. The first-order valence-electron chi connectivity index (χ1n) is 8.97. The van der Waals surface area contributed by atoms with E-state index in [0.29, 0.717) is 24.2 Å². The summed E-state index contributed by atoms with van der Waals surface area (Å²) in [4.78, 5) is 12.6. The maximum Gasteiger partial charge on any atom is 0.435 e. The Bertz CT molecular complexity index is 1030. The van der Waals surface area contributed by atoms with Crippen molar-refractivity contribution in [3.05, 3.63) is 58.9 Å². The molecule has 2 heterocycles. The van der Waals surface area contributed by atoms with Crippen molar-refractivity contribution in [1.29, 1.82) is 0 Å². The van der Waals surface area contributed by atoms with Crippen molar-refractivity contribution in [3.8, 4) is 11.3 Å². The molecule has 9 heteroatoms. The number of furan rings is 1. The Morgan fingerprint density at radius 1 is 1.21 bits per heavy atom. The molecule has 5 nitrogen and oxygen atoms in total. The Labute approximate surface area is 164 Å². The number of hydrogen-bond donors (Lipinski definition) is 1. The number of carbonyl (C=O) groups is 1. The Morgan fingerprint density at radius 3 is 2.48 bits per heavy atom. The van der Waals surface area contributed by atoms with Crippen LogP contribution in [0, 0.1) is 5.82 Å². The minimum absolute atomic E-state index is 0.0240. The fourth-order valence-corrected chi connectivity index (χ4v) is 3.08. The average molecular weight is 409 g/mol. The van der Waals surface area contributed by atoms with Crippen molar-refractivity contribution in [1.82, 2.24) is 9.78 Å². The number of anilines is 1. The number of hydrogen-bond acceptors (Lipinski definition) is 3. The van der Waals surface area contributed by atoms with Gasteiger partial charge in [-0.2, -0.15) is 18.3 Å². The lowest BCUT2D eigenvalue weighted by Crippen LogP contribution is -2.15. The van der Waals surface area contributed by atoms with Crippen LogP contribution in [0.1, 0.15) is 41.2 Å². The van der Waals surface area contributed by atoms with E-state index in [9.17, 15) is 22.4 Å². The highest BCUT2D eigenvalue weighted by atomic mass is 19.4. The molecule has 0 saturated heterocycles. The van der Waals surface area contributed by atoms with Gasteiger partial charge in [0.2, 0.25) is 0 Å². The van der Waals surface area contributed by atoms with Crippen molar-refractivity contribution in [3.63, 3.8) is 0 Å². The number of benzene rings is 1. The lowest BCUT2D eigenvalue weighted by atomic mass is 10.1. The van der Waals surface area contributed by atoms with Crippen LogP contribution in [0.3, 0.4) is 0 Å². The van der Waals surface area contributed by atoms with Gasteiger partial charge in [-0.1, -0.05) is 13.8 Å². The highest BCUT2D eigenvalue weighted by molar-refractivity contribution is 6.06. The smallest absolute Gasteiger partial charge is 0.435 e. The molecule has 0 spiro atoms. The van der Waals surface area contributed by atoms with Crippen LogP contribution >= 0.6 is 0 Å². The highest BCUT2D eigenvalue weighted by Gasteiger charge is 2.35. The van der Waals surface area contributed by atoms with E-state index in [-0.39, 0.29) is 16.9 Å². The lowest BCUT2D eigenvalue weighted by molar-refractivity contribution is -0.141. The van der Waals surface area contributed by atoms with Crippen LogP contribution in [-0.2, 0) is 26.1 Å². The molecule has 0 aliphatic heterocycles. The molecule has 0 radical (unpaired) electrons. The zero-order chi connectivity index (χ0) is 21.3. The van der Waals surface area contributed by atoms with Gasteiger partial charge in [0.05, 0.1) is 17.5 Å². The maximum atomic E-state index is 14.6. The van der Waals surface area contributed by atoms with Gasteiger partial charge in [0, 0.05) is 30.3 Å². The van der Waals surface area contributed by atoms with E-state index in [1.807, 2.05) is 13.8 Å². The predicted octanol–water partition coefficient (Wildman–Crippen LogP) is 5.22. The van der Waals surface area contributed by atoms with Crippen molar-refractivity contribution >= 4 is 11.6 Å². The third kappa shape index (κ3) is 4.03. The molecule has 0 bridgehead atoms. The number of nitrogens with zero attached hydrogens (tertiary/aromatic N) is 2. The van der Waals surface area contributed by atoms with Gasteiger partial charge >= 0.3 is 6.18 Å². The number of aryl methyl sites for hydroxylation is 3. The predicted molar refractivity (Wildman–Crippen MR) is 99.0 cm³/mol. The van der Waals surface area contributed by atoms with Crippen LogP contribution in [-0.4, -0.2) is 15.7 Å². The van der Waals surface area contributed by atoms with Crippen molar-refractivity contribution in [2.24, 2.45) is 7.05 Å². The summed E-state index contributed by atoms with van der Waals surface area (Å²) in [6, 6.07) is 4.57. The summed E-state index contributed by atoms with van der Waals surface area (Å²) in [5.41, 5.74) is 0.155. The molecule has 0 aliphatic rings. The number of halogens is 4. The molecule has 0 saturated carbocycles. The first-order chi connectivity index (χ1) is 13.7. The Hall–Kier alpha value is -3.10. The zero-order valence-corrected chi connectivity index (χ0v) is 16.0. The van der Waals surface area contributed by atoms with Crippen LogP contribution in [0.4, 0.5) is 23.2 Å². The molecule has 29 heavy (non-hydrogen) atoms. The number of alkyl halides is 3. The number of carbonyl (C=O) groups excluding carboxylic acids is 1. The second kappa shape index (κ2) is 7.73. The van der Waals surface area contributed by atoms with Crippen molar-refractivity contribution in [2.45, 2.75) is 32.9 Å². The number of nitrogens with one attached hydrogen (secondary N) is 1. The molecule has 3 rings (SSSR count). The molecular weight excluding hydrogens is 390 g/mol. The number of rotatable bonds is 5. The summed E-state index contributed by atoms with van der Waals surface area (Å²) in [5, 5.41) is 6.00. The van der Waals surface area contributed by atoms with E-state index in [4.69, 9.17) is 4.42 Å². The van der Waals surface area contributed by atoms with Gasteiger partial charge in [0.1, 0.15) is 11.6 Å². The molecule has 1 N–H and O–H groups in total. The third-order valence-corrected chi connectivity index (χ3v) is 4.55. The molecule has 1 aromatic carbocycles. The van der Waals surface area contributed by atoms with Crippen LogP contribution in [0.2, 0.25) is 0 Å². The Balaban J connectivity index is 1.88. The zero-order valence-electron chi connectivity index (χ0n) is 16.0. The molecule has 3 aromatic rings. The summed E-state index contributed by atoms with van der Waals surface area (Å²) < 4.78 is 59.5. The molecule has 2 aromatic heterocycles. The van der Waals surface area contributed by atoms with E-state index in [2.05, 4.69) is 10.4 Å². The van der Waals surface area contributed by atoms with Crippen LogP contribution < -0.4 is 5.32 Å². The molecular formula is C20H19F4N3O2. The van der Waals surface area contributed by atoms with Gasteiger partial charge in [-0.15, -0.1) is 0 Å². The van der Waals surface area contributed by atoms with Gasteiger partial charge in [-0.3, -0.25) is 9.48 Å². The van der Waals surface area contributed by atoms with Gasteiger partial charge in [0.15, 0.2) is 5.69 Å². The number of aromatic nitrogens is 2.